The lowest BCUT2D eigenvalue weighted by molar-refractivity contribution is -0.118. The average molecular weight is 567 g/mol. The van der Waals surface area contributed by atoms with Gasteiger partial charge in [0, 0.05) is 22.5 Å². The molecule has 8 nitrogen and oxygen atoms in total. The summed E-state index contributed by atoms with van der Waals surface area (Å²) in [6.07, 6.45) is 0.287. The van der Waals surface area contributed by atoms with Gasteiger partial charge in [0.15, 0.2) is 0 Å². The van der Waals surface area contributed by atoms with Crippen molar-refractivity contribution in [2.45, 2.75) is 12.5 Å². The number of carbonyl (C=O) groups excluding carboxylic acids is 2. The van der Waals surface area contributed by atoms with Crippen LogP contribution in [0.4, 0.5) is 5.13 Å². The zero-order chi connectivity index (χ0) is 25.5. The molecule has 0 aliphatic rings. The second-order valence-corrected chi connectivity index (χ2v) is 9.58. The third-order valence-electron chi connectivity index (χ3n) is 5.30. The summed E-state index contributed by atoms with van der Waals surface area (Å²) in [5, 5.41) is 14.9. The smallest absolute Gasteiger partial charge is 0.255 e. The normalized spacial score (nSPS) is 11.4. The molecule has 0 aliphatic heterocycles. The minimum absolute atomic E-state index is 0.287. The minimum atomic E-state index is -0.869. The molecular weight excluding hydrogens is 544 g/mol. The van der Waals surface area contributed by atoms with Gasteiger partial charge in [0.2, 0.25) is 11.0 Å². The van der Waals surface area contributed by atoms with Crippen LogP contribution < -0.4 is 20.1 Å². The molecule has 0 unspecified atom stereocenters. The number of methoxy groups -OCH3 is 2. The molecule has 0 saturated carbocycles. The quantitative estimate of drug-likeness (QED) is 0.296. The highest BCUT2D eigenvalue weighted by Crippen LogP contribution is 2.28. The maximum atomic E-state index is 13.3. The lowest BCUT2D eigenvalue weighted by Crippen LogP contribution is -2.45. The Kier molecular flexibility index (Phi) is 8.29. The fourth-order valence-electron chi connectivity index (χ4n) is 3.46. The Morgan fingerprint density at radius 2 is 1.72 bits per heavy atom. The fraction of sp³-hybridized carbons (Fsp3) is 0.154. The standard InChI is InChI=1S/C26H23BrN4O4S/c1-34-19-12-13-20(22(15-19)35-2)23(32)28-21(14-16-6-4-3-5-7-16)24(33)29-26-31-30-25(36-26)17-8-10-18(27)11-9-17/h3-13,15,21H,14H2,1-2H3,(H,28,32)(H,29,31,33)/t21-/m0/s1. The highest BCUT2D eigenvalue weighted by Gasteiger charge is 2.25. The molecule has 0 aliphatic carbocycles. The summed E-state index contributed by atoms with van der Waals surface area (Å²) in [4.78, 5) is 26.4. The summed E-state index contributed by atoms with van der Waals surface area (Å²) < 4.78 is 11.5. The van der Waals surface area contributed by atoms with Crippen LogP contribution in [-0.2, 0) is 11.2 Å². The Hall–Kier alpha value is -3.76. The van der Waals surface area contributed by atoms with E-state index in [1.54, 1.807) is 18.2 Å². The van der Waals surface area contributed by atoms with Crippen LogP contribution in [0.1, 0.15) is 15.9 Å². The third kappa shape index (κ3) is 6.27. The Morgan fingerprint density at radius 3 is 2.42 bits per heavy atom. The highest BCUT2D eigenvalue weighted by atomic mass is 79.9. The van der Waals surface area contributed by atoms with Crippen molar-refractivity contribution >= 4 is 44.2 Å². The first-order valence-corrected chi connectivity index (χ1v) is 12.5. The molecule has 4 rings (SSSR count). The molecule has 10 heteroatoms. The number of hydrogen-bond acceptors (Lipinski definition) is 7. The average Bonchev–Trinajstić information content (AvgIpc) is 3.37. The molecule has 0 saturated heterocycles. The second-order valence-electron chi connectivity index (χ2n) is 7.69. The van der Waals surface area contributed by atoms with Gasteiger partial charge in [-0.1, -0.05) is 69.7 Å². The predicted molar refractivity (Wildman–Crippen MR) is 143 cm³/mol. The largest absolute Gasteiger partial charge is 0.497 e. The molecule has 0 spiro atoms. The van der Waals surface area contributed by atoms with E-state index in [1.165, 1.54) is 25.6 Å². The van der Waals surface area contributed by atoms with Gasteiger partial charge in [0.1, 0.15) is 22.5 Å². The van der Waals surface area contributed by atoms with Crippen LogP contribution in [0.2, 0.25) is 0 Å². The number of hydrogen-bond donors (Lipinski definition) is 2. The maximum absolute atomic E-state index is 13.3. The lowest BCUT2D eigenvalue weighted by Gasteiger charge is -2.19. The van der Waals surface area contributed by atoms with Gasteiger partial charge in [0.05, 0.1) is 19.8 Å². The molecule has 2 amide bonds. The van der Waals surface area contributed by atoms with Gasteiger partial charge in [-0.2, -0.15) is 0 Å². The van der Waals surface area contributed by atoms with Crippen LogP contribution in [-0.4, -0.2) is 42.3 Å². The second kappa shape index (κ2) is 11.8. The molecule has 1 heterocycles. The number of rotatable bonds is 9. The fourth-order valence-corrected chi connectivity index (χ4v) is 4.47. The molecular formula is C26H23BrN4O4S. The van der Waals surface area contributed by atoms with Crippen molar-refractivity contribution in [3.05, 3.63) is 88.4 Å². The number of nitrogens with one attached hydrogen (secondary N) is 2. The SMILES string of the molecule is COc1ccc(C(=O)N[C@@H](Cc2ccccc2)C(=O)Nc2nnc(-c3ccc(Br)cc3)s2)c(OC)c1. The van der Waals surface area contributed by atoms with Gasteiger partial charge in [-0.25, -0.2) is 0 Å². The van der Waals surface area contributed by atoms with E-state index >= 15 is 0 Å². The summed E-state index contributed by atoms with van der Waals surface area (Å²) in [7, 11) is 3.00. The van der Waals surface area contributed by atoms with E-state index in [0.717, 1.165) is 15.6 Å². The summed E-state index contributed by atoms with van der Waals surface area (Å²) in [5.41, 5.74) is 2.07. The molecule has 1 atom stereocenters. The first-order chi connectivity index (χ1) is 17.5. The maximum Gasteiger partial charge on any atom is 0.255 e. The lowest BCUT2D eigenvalue weighted by atomic mass is 10.0. The van der Waals surface area contributed by atoms with Crippen LogP contribution in [0.25, 0.3) is 10.6 Å². The van der Waals surface area contributed by atoms with Crippen LogP contribution in [0, 0.1) is 0 Å². The van der Waals surface area contributed by atoms with Crippen LogP contribution in [0.15, 0.2) is 77.3 Å². The number of amides is 2. The number of anilines is 1. The zero-order valence-electron chi connectivity index (χ0n) is 19.5. The van der Waals surface area contributed by atoms with Gasteiger partial charge >= 0.3 is 0 Å². The van der Waals surface area contributed by atoms with E-state index < -0.39 is 17.9 Å². The molecule has 4 aromatic rings. The van der Waals surface area contributed by atoms with Crippen molar-refractivity contribution < 1.29 is 19.1 Å². The number of aromatic nitrogens is 2. The summed E-state index contributed by atoms with van der Waals surface area (Å²) >= 11 is 4.67. The summed E-state index contributed by atoms with van der Waals surface area (Å²) in [6, 6.07) is 21.1. The number of nitrogens with zero attached hydrogens (tertiary/aromatic N) is 2. The molecule has 184 valence electrons. The number of carbonyl (C=O) groups is 2. The van der Waals surface area contributed by atoms with E-state index in [2.05, 4.69) is 36.8 Å². The van der Waals surface area contributed by atoms with Crippen LogP contribution in [0.3, 0.4) is 0 Å². The van der Waals surface area contributed by atoms with Gasteiger partial charge in [-0.3, -0.25) is 14.9 Å². The minimum Gasteiger partial charge on any atom is -0.497 e. The van der Waals surface area contributed by atoms with Crippen molar-refractivity contribution in [3.63, 3.8) is 0 Å². The van der Waals surface area contributed by atoms with E-state index in [0.29, 0.717) is 21.6 Å². The first kappa shape index (κ1) is 25.3. The highest BCUT2D eigenvalue weighted by molar-refractivity contribution is 9.10. The number of ether oxygens (including phenoxy) is 2. The number of benzene rings is 3. The Balaban J connectivity index is 1.54. The van der Waals surface area contributed by atoms with Crippen molar-refractivity contribution in [2.75, 3.05) is 19.5 Å². The van der Waals surface area contributed by atoms with E-state index in [9.17, 15) is 9.59 Å². The topological polar surface area (TPSA) is 102 Å². The Labute approximate surface area is 220 Å². The van der Waals surface area contributed by atoms with Gasteiger partial charge in [0.25, 0.3) is 5.91 Å². The van der Waals surface area contributed by atoms with Crippen LogP contribution in [0.5, 0.6) is 11.5 Å². The Bertz CT molecular complexity index is 1350. The van der Waals surface area contributed by atoms with Crippen molar-refractivity contribution in [1.29, 1.82) is 0 Å². The van der Waals surface area contributed by atoms with E-state index in [1.807, 2.05) is 54.6 Å². The van der Waals surface area contributed by atoms with Gasteiger partial charge in [-0.05, 0) is 29.8 Å². The van der Waals surface area contributed by atoms with E-state index in [-0.39, 0.29) is 12.0 Å². The molecule has 3 aromatic carbocycles. The van der Waals surface area contributed by atoms with Gasteiger partial charge in [-0.15, -0.1) is 10.2 Å². The molecule has 1 aromatic heterocycles. The molecule has 0 fully saturated rings. The predicted octanol–water partition coefficient (Wildman–Crippen LogP) is 4.96. The molecule has 0 bridgehead atoms. The van der Waals surface area contributed by atoms with Crippen molar-refractivity contribution in [1.82, 2.24) is 15.5 Å². The van der Waals surface area contributed by atoms with Crippen molar-refractivity contribution in [2.24, 2.45) is 0 Å². The van der Waals surface area contributed by atoms with E-state index in [4.69, 9.17) is 9.47 Å². The molecule has 2 N–H and O–H groups in total. The van der Waals surface area contributed by atoms with Gasteiger partial charge < -0.3 is 14.8 Å². The monoisotopic (exact) mass is 566 g/mol. The zero-order valence-corrected chi connectivity index (χ0v) is 21.9. The summed E-state index contributed by atoms with van der Waals surface area (Å²) in [6.45, 7) is 0. The van der Waals surface area contributed by atoms with Crippen molar-refractivity contribution in [3.8, 4) is 22.1 Å². The summed E-state index contributed by atoms with van der Waals surface area (Å²) in [5.74, 6) is 0.0467. The van der Waals surface area contributed by atoms with Crippen LogP contribution >= 0.6 is 27.3 Å². The molecule has 36 heavy (non-hydrogen) atoms. The third-order valence-corrected chi connectivity index (χ3v) is 6.72. The Morgan fingerprint density at radius 1 is 0.972 bits per heavy atom. The first-order valence-electron chi connectivity index (χ1n) is 10.9. The number of halogens is 1. The molecule has 0 radical (unpaired) electrons.